The topological polar surface area (TPSA) is 62.2 Å². The number of carbonyl (C=O) groups is 1. The molecule has 1 fully saturated rings. The molecular formula is C31H29N5OS. The maximum atomic E-state index is 12.4. The minimum atomic E-state index is 0.238. The molecule has 1 saturated heterocycles. The lowest BCUT2D eigenvalue weighted by molar-refractivity contribution is -0.117. The van der Waals surface area contributed by atoms with Gasteiger partial charge in [-0.25, -0.2) is 4.98 Å². The quantitative estimate of drug-likeness (QED) is 0.272. The molecule has 7 heteroatoms. The van der Waals surface area contributed by atoms with Crippen LogP contribution in [0.3, 0.4) is 0 Å². The molecule has 1 aliphatic rings. The first-order valence-corrected chi connectivity index (χ1v) is 13.9. The van der Waals surface area contributed by atoms with Crippen LogP contribution in [0.1, 0.15) is 16.7 Å². The molecule has 0 amide bonds. The summed E-state index contributed by atoms with van der Waals surface area (Å²) in [4.78, 5) is 31.1. The summed E-state index contributed by atoms with van der Waals surface area (Å²) in [6.07, 6.45) is 6.60. The van der Waals surface area contributed by atoms with Gasteiger partial charge in [-0.15, -0.1) is 0 Å². The second-order valence-electron chi connectivity index (χ2n) is 9.78. The molecule has 0 aliphatic carbocycles. The predicted molar refractivity (Wildman–Crippen MR) is 153 cm³/mol. The molecule has 0 bridgehead atoms. The van der Waals surface area contributed by atoms with Crippen molar-refractivity contribution >= 4 is 34.0 Å². The number of pyridine rings is 1. The van der Waals surface area contributed by atoms with Crippen LogP contribution in [-0.2, 0) is 24.2 Å². The van der Waals surface area contributed by atoms with E-state index in [2.05, 4.69) is 57.2 Å². The third kappa shape index (κ3) is 5.79. The van der Waals surface area contributed by atoms with Crippen LogP contribution in [0.2, 0.25) is 0 Å². The Labute approximate surface area is 226 Å². The Morgan fingerprint density at radius 3 is 2.39 bits per heavy atom. The van der Waals surface area contributed by atoms with Gasteiger partial charge in [0.05, 0.1) is 17.2 Å². The Kier molecular flexibility index (Phi) is 7.20. The lowest BCUT2D eigenvalue weighted by atomic mass is 10.00. The van der Waals surface area contributed by atoms with Crippen molar-refractivity contribution in [2.24, 2.45) is 0 Å². The van der Waals surface area contributed by atoms with Crippen molar-refractivity contribution in [1.29, 1.82) is 0 Å². The van der Waals surface area contributed by atoms with Gasteiger partial charge in [0.25, 0.3) is 0 Å². The van der Waals surface area contributed by atoms with Crippen LogP contribution in [0.5, 0.6) is 0 Å². The normalized spacial score (nSPS) is 14.2. The van der Waals surface area contributed by atoms with Crippen LogP contribution in [-0.4, -0.2) is 51.8 Å². The highest BCUT2D eigenvalue weighted by Crippen LogP contribution is 2.25. The van der Waals surface area contributed by atoms with E-state index < -0.39 is 0 Å². The van der Waals surface area contributed by atoms with Crippen LogP contribution in [0.25, 0.3) is 22.2 Å². The Bertz CT molecular complexity index is 1510. The number of hydrogen-bond acceptors (Lipinski definition) is 7. The van der Waals surface area contributed by atoms with Crippen molar-refractivity contribution in [2.75, 3.05) is 31.1 Å². The molecule has 3 aromatic heterocycles. The van der Waals surface area contributed by atoms with Gasteiger partial charge in [-0.3, -0.25) is 19.7 Å². The van der Waals surface area contributed by atoms with Crippen LogP contribution < -0.4 is 4.90 Å². The summed E-state index contributed by atoms with van der Waals surface area (Å²) in [5, 5.41) is 4.05. The first kappa shape index (κ1) is 24.4. The summed E-state index contributed by atoms with van der Waals surface area (Å²) < 4.78 is 0. The van der Waals surface area contributed by atoms with Gasteiger partial charge >= 0.3 is 0 Å². The van der Waals surface area contributed by atoms with Gasteiger partial charge in [-0.2, -0.15) is 11.3 Å². The number of rotatable bonds is 8. The average Bonchev–Trinajstić information content (AvgIpc) is 3.47. The molecule has 5 aromatic rings. The first-order valence-electron chi connectivity index (χ1n) is 12.9. The van der Waals surface area contributed by atoms with Crippen molar-refractivity contribution in [2.45, 2.75) is 19.4 Å². The molecule has 6 nitrogen and oxygen atoms in total. The minimum Gasteiger partial charge on any atom is -0.353 e. The van der Waals surface area contributed by atoms with Gasteiger partial charge < -0.3 is 4.90 Å². The van der Waals surface area contributed by atoms with E-state index in [0.717, 1.165) is 71.8 Å². The summed E-state index contributed by atoms with van der Waals surface area (Å²) in [7, 11) is 0. The third-order valence-electron chi connectivity index (χ3n) is 7.02. The molecule has 1 aliphatic heterocycles. The second kappa shape index (κ2) is 11.2. The summed E-state index contributed by atoms with van der Waals surface area (Å²) in [5.74, 6) is 1.16. The molecular weight excluding hydrogens is 490 g/mol. The van der Waals surface area contributed by atoms with E-state index in [4.69, 9.17) is 9.97 Å². The number of Topliss-reactive ketones (excluding diaryl/α,β-unsaturated/α-hetero) is 1. The van der Waals surface area contributed by atoms with E-state index in [1.807, 2.05) is 47.5 Å². The number of nitrogens with zero attached hydrogens (tertiary/aromatic N) is 5. The Hall–Kier alpha value is -3.94. The van der Waals surface area contributed by atoms with Crippen LogP contribution >= 0.6 is 11.3 Å². The number of piperazine rings is 1. The number of aromatic nitrogens is 3. The maximum Gasteiger partial charge on any atom is 0.147 e. The number of fused-ring (bicyclic) bond motifs is 1. The summed E-state index contributed by atoms with van der Waals surface area (Å²) in [5.41, 5.74) is 7.38. The summed E-state index contributed by atoms with van der Waals surface area (Å²) >= 11 is 1.63. The number of ketones is 1. The molecule has 0 radical (unpaired) electrons. The van der Waals surface area contributed by atoms with Crippen molar-refractivity contribution in [3.05, 3.63) is 107 Å². The predicted octanol–water partition coefficient (Wildman–Crippen LogP) is 5.43. The highest BCUT2D eigenvalue weighted by atomic mass is 32.1. The van der Waals surface area contributed by atoms with Gasteiger partial charge in [0.2, 0.25) is 0 Å². The van der Waals surface area contributed by atoms with Gasteiger partial charge in [0, 0.05) is 58.0 Å². The van der Waals surface area contributed by atoms with E-state index in [1.54, 1.807) is 11.3 Å². The number of benzene rings is 2. The first-order chi connectivity index (χ1) is 18.7. The zero-order valence-electron chi connectivity index (χ0n) is 21.2. The van der Waals surface area contributed by atoms with Crippen LogP contribution in [0.4, 0.5) is 5.82 Å². The van der Waals surface area contributed by atoms with Crippen molar-refractivity contribution < 1.29 is 4.79 Å². The lowest BCUT2D eigenvalue weighted by Gasteiger charge is -2.35. The van der Waals surface area contributed by atoms with E-state index in [1.165, 1.54) is 5.56 Å². The number of hydrogen-bond donors (Lipinski definition) is 0. The van der Waals surface area contributed by atoms with Crippen molar-refractivity contribution in [1.82, 2.24) is 19.9 Å². The SMILES string of the molecule is O=C(Cc1ccc(-c2ccc3ncc(N4CCN(Cc5cccnc5)CC4)nc3c2)cc1)Cc1ccsc1. The highest BCUT2D eigenvalue weighted by Gasteiger charge is 2.19. The van der Waals surface area contributed by atoms with E-state index >= 15 is 0 Å². The molecule has 0 atom stereocenters. The molecule has 6 rings (SSSR count). The Morgan fingerprint density at radius 1 is 0.816 bits per heavy atom. The molecule has 2 aromatic carbocycles. The zero-order chi connectivity index (χ0) is 25.7. The van der Waals surface area contributed by atoms with Crippen molar-refractivity contribution in [3.63, 3.8) is 0 Å². The van der Waals surface area contributed by atoms with Crippen LogP contribution in [0, 0.1) is 0 Å². The zero-order valence-corrected chi connectivity index (χ0v) is 22.0. The average molecular weight is 520 g/mol. The summed E-state index contributed by atoms with van der Waals surface area (Å²) in [6.45, 7) is 4.74. The molecule has 0 spiro atoms. The molecule has 0 unspecified atom stereocenters. The van der Waals surface area contributed by atoms with Gasteiger partial charge in [-0.05, 0) is 62.8 Å². The minimum absolute atomic E-state index is 0.238. The fraction of sp³-hybridized carbons (Fsp3) is 0.226. The number of thiophene rings is 1. The van der Waals surface area contributed by atoms with Gasteiger partial charge in [-0.1, -0.05) is 36.4 Å². The smallest absolute Gasteiger partial charge is 0.147 e. The summed E-state index contributed by atoms with van der Waals surface area (Å²) in [6, 6.07) is 20.7. The van der Waals surface area contributed by atoms with Gasteiger partial charge in [0.15, 0.2) is 0 Å². The lowest BCUT2D eigenvalue weighted by Crippen LogP contribution is -2.46. The molecule has 38 heavy (non-hydrogen) atoms. The monoisotopic (exact) mass is 519 g/mol. The fourth-order valence-corrected chi connectivity index (χ4v) is 5.61. The molecule has 0 saturated carbocycles. The third-order valence-corrected chi connectivity index (χ3v) is 7.76. The van der Waals surface area contributed by atoms with Crippen molar-refractivity contribution in [3.8, 4) is 11.1 Å². The number of anilines is 1. The maximum absolute atomic E-state index is 12.4. The van der Waals surface area contributed by atoms with E-state index in [0.29, 0.717) is 12.8 Å². The van der Waals surface area contributed by atoms with Gasteiger partial charge in [0.1, 0.15) is 11.6 Å². The number of carbonyl (C=O) groups excluding carboxylic acids is 1. The largest absolute Gasteiger partial charge is 0.353 e. The molecule has 4 heterocycles. The highest BCUT2D eigenvalue weighted by molar-refractivity contribution is 7.08. The second-order valence-corrected chi connectivity index (χ2v) is 10.6. The standard InChI is InChI=1S/C31H29N5OS/c37-28(17-24-9-15-38-22-24)16-23-3-5-26(6-4-23)27-7-8-29-30(18-27)34-31(20-33-29)36-13-11-35(12-14-36)21-25-2-1-10-32-19-25/h1-10,15,18-20,22H,11-14,16-17,21H2. The fourth-order valence-electron chi connectivity index (χ4n) is 4.94. The molecule has 190 valence electrons. The Balaban J connectivity index is 1.11. The Morgan fingerprint density at radius 2 is 1.63 bits per heavy atom. The van der Waals surface area contributed by atoms with E-state index in [-0.39, 0.29) is 5.78 Å². The molecule has 0 N–H and O–H groups in total. The van der Waals surface area contributed by atoms with E-state index in [9.17, 15) is 4.79 Å². The van der Waals surface area contributed by atoms with Crippen LogP contribution in [0.15, 0.2) is 90.0 Å².